The third-order valence-electron chi connectivity index (χ3n) is 5.01. The smallest absolute Gasteiger partial charge is 0.165 e. The molecule has 1 rings (SSSR count). The van der Waals surface area contributed by atoms with E-state index in [-0.39, 0.29) is 12.2 Å². The van der Waals surface area contributed by atoms with Gasteiger partial charge in [0, 0.05) is 13.0 Å². The fourth-order valence-corrected chi connectivity index (χ4v) is 2.92. The van der Waals surface area contributed by atoms with Crippen molar-refractivity contribution >= 4 is 0 Å². The van der Waals surface area contributed by atoms with Crippen molar-refractivity contribution in [2.75, 3.05) is 19.8 Å². The average molecular weight is 363 g/mol. The molecule has 6 nitrogen and oxygen atoms in total. The highest BCUT2D eigenvalue weighted by Gasteiger charge is 2.41. The highest BCUT2D eigenvalue weighted by atomic mass is 16.7. The van der Waals surface area contributed by atoms with Crippen molar-refractivity contribution in [1.29, 1.82) is 0 Å². The molecule has 1 saturated heterocycles. The molecule has 0 aromatic rings. The van der Waals surface area contributed by atoms with Gasteiger partial charge in [-0.15, -0.1) is 0 Å². The Morgan fingerprint density at radius 1 is 0.880 bits per heavy atom. The van der Waals surface area contributed by atoms with Crippen LogP contribution in [0.5, 0.6) is 0 Å². The maximum Gasteiger partial charge on any atom is 0.165 e. The van der Waals surface area contributed by atoms with Gasteiger partial charge in [0.25, 0.3) is 0 Å². The molecule has 6 heteroatoms. The molecule has 0 aromatic carbocycles. The zero-order valence-electron chi connectivity index (χ0n) is 16.6. The van der Waals surface area contributed by atoms with Gasteiger partial charge in [-0.25, -0.2) is 0 Å². The first kappa shape index (κ1) is 22.8. The fraction of sp³-hybridized carbons (Fsp3) is 1.00. The molecule has 1 fully saturated rings. The largest absolute Gasteiger partial charge is 0.379 e. The van der Waals surface area contributed by atoms with Crippen LogP contribution in [0.25, 0.3) is 0 Å². The molecule has 0 radical (unpaired) electrons. The highest BCUT2D eigenvalue weighted by molar-refractivity contribution is 4.84. The van der Waals surface area contributed by atoms with Crippen molar-refractivity contribution in [2.45, 2.75) is 103 Å². The highest BCUT2D eigenvalue weighted by Crippen LogP contribution is 2.30. The summed E-state index contributed by atoms with van der Waals surface area (Å²) in [6, 6.07) is 0. The molecule has 0 aliphatic carbocycles. The van der Waals surface area contributed by atoms with Gasteiger partial charge in [-0.05, 0) is 32.1 Å². The molecule has 3 atom stereocenters. The maximum absolute atomic E-state index is 10.6. The van der Waals surface area contributed by atoms with Crippen LogP contribution in [0.4, 0.5) is 0 Å². The molecule has 150 valence electrons. The standard InChI is InChI=1S/C19H38O6/c1-6-11-22-13-15-12-16(24-18(20,7-2)8-3)17(14-23-15)25-19(21,9-4)10-5/h15-17,20-21H,6-14H2,1-5H3/t15-,16-,17+/m0/s1. The Hall–Kier alpha value is -0.240. The SMILES string of the molecule is CCCOC[C@@H]1C[C@H](OC(O)(CC)CC)[C@H](OC(O)(CC)CC)CO1. The molecular weight excluding hydrogens is 324 g/mol. The molecule has 1 heterocycles. The minimum atomic E-state index is -1.20. The second-order valence-electron chi connectivity index (χ2n) is 6.89. The summed E-state index contributed by atoms with van der Waals surface area (Å²) in [6.07, 6.45) is 2.64. The van der Waals surface area contributed by atoms with Crippen molar-refractivity contribution in [2.24, 2.45) is 0 Å². The van der Waals surface area contributed by atoms with Crippen molar-refractivity contribution in [3.63, 3.8) is 0 Å². The van der Waals surface area contributed by atoms with Gasteiger partial charge in [-0.1, -0.05) is 34.6 Å². The lowest BCUT2D eigenvalue weighted by molar-refractivity contribution is -0.317. The Morgan fingerprint density at radius 3 is 1.88 bits per heavy atom. The zero-order chi connectivity index (χ0) is 18.9. The molecule has 0 aromatic heterocycles. The predicted octanol–water partition coefficient (Wildman–Crippen LogP) is 2.99. The molecule has 1 aliphatic heterocycles. The normalized spacial score (nSPS) is 25.3. The first-order valence-corrected chi connectivity index (χ1v) is 9.84. The van der Waals surface area contributed by atoms with E-state index < -0.39 is 17.7 Å². The van der Waals surface area contributed by atoms with Gasteiger partial charge in [-0.3, -0.25) is 0 Å². The van der Waals surface area contributed by atoms with Gasteiger partial charge in [-0.2, -0.15) is 0 Å². The van der Waals surface area contributed by atoms with Crippen molar-refractivity contribution in [3.8, 4) is 0 Å². The van der Waals surface area contributed by atoms with Crippen LogP contribution >= 0.6 is 0 Å². The number of ether oxygens (including phenoxy) is 4. The van der Waals surface area contributed by atoms with E-state index in [0.717, 1.165) is 6.42 Å². The minimum absolute atomic E-state index is 0.0919. The third kappa shape index (κ3) is 7.12. The van der Waals surface area contributed by atoms with Gasteiger partial charge < -0.3 is 29.2 Å². The van der Waals surface area contributed by atoms with E-state index in [1.165, 1.54) is 0 Å². The summed E-state index contributed by atoms with van der Waals surface area (Å²) in [6.45, 7) is 11.2. The molecular formula is C19H38O6. The molecule has 0 bridgehead atoms. The molecule has 0 saturated carbocycles. The average Bonchev–Trinajstić information content (AvgIpc) is 2.63. The summed E-state index contributed by atoms with van der Waals surface area (Å²) in [4.78, 5) is 0. The van der Waals surface area contributed by atoms with E-state index in [1.807, 2.05) is 27.7 Å². The number of hydrogen-bond acceptors (Lipinski definition) is 6. The Balaban J connectivity index is 2.80. The van der Waals surface area contributed by atoms with E-state index in [2.05, 4.69) is 6.92 Å². The summed E-state index contributed by atoms with van der Waals surface area (Å²) >= 11 is 0. The molecule has 1 aliphatic rings. The van der Waals surface area contributed by atoms with Crippen LogP contribution in [0, 0.1) is 0 Å². The summed E-state index contributed by atoms with van der Waals surface area (Å²) in [5.41, 5.74) is 0. The van der Waals surface area contributed by atoms with Gasteiger partial charge >= 0.3 is 0 Å². The lowest BCUT2D eigenvalue weighted by atomic mass is 10.0. The number of aliphatic hydroxyl groups is 2. The Bertz CT molecular complexity index is 354. The maximum atomic E-state index is 10.6. The van der Waals surface area contributed by atoms with Gasteiger partial charge in [0.1, 0.15) is 6.10 Å². The second-order valence-corrected chi connectivity index (χ2v) is 6.89. The molecule has 0 spiro atoms. The van der Waals surface area contributed by atoms with Gasteiger partial charge in [0.05, 0.1) is 25.4 Å². The Labute approximate surface area is 152 Å². The van der Waals surface area contributed by atoms with Crippen LogP contribution in [-0.2, 0) is 18.9 Å². The quantitative estimate of drug-likeness (QED) is 0.410. The van der Waals surface area contributed by atoms with Crippen LogP contribution in [0.15, 0.2) is 0 Å². The molecule has 0 amide bonds. The third-order valence-corrected chi connectivity index (χ3v) is 5.01. The monoisotopic (exact) mass is 362 g/mol. The van der Waals surface area contributed by atoms with E-state index in [0.29, 0.717) is 51.9 Å². The van der Waals surface area contributed by atoms with Crippen molar-refractivity contribution in [3.05, 3.63) is 0 Å². The van der Waals surface area contributed by atoms with Gasteiger partial charge in [0.2, 0.25) is 0 Å². The number of rotatable bonds is 12. The number of hydrogen-bond donors (Lipinski definition) is 2. The van der Waals surface area contributed by atoms with E-state index in [4.69, 9.17) is 18.9 Å². The molecule has 2 N–H and O–H groups in total. The first-order valence-electron chi connectivity index (χ1n) is 9.84. The Morgan fingerprint density at radius 2 is 1.40 bits per heavy atom. The van der Waals surface area contributed by atoms with Crippen LogP contribution in [0.1, 0.15) is 73.1 Å². The molecule has 25 heavy (non-hydrogen) atoms. The second kappa shape index (κ2) is 10.8. The van der Waals surface area contributed by atoms with Crippen LogP contribution < -0.4 is 0 Å². The predicted molar refractivity (Wildman–Crippen MR) is 96.3 cm³/mol. The minimum Gasteiger partial charge on any atom is -0.379 e. The van der Waals surface area contributed by atoms with Crippen LogP contribution in [0.2, 0.25) is 0 Å². The summed E-state index contributed by atoms with van der Waals surface area (Å²) < 4.78 is 23.5. The molecule has 0 unspecified atom stereocenters. The van der Waals surface area contributed by atoms with Crippen molar-refractivity contribution < 1.29 is 29.2 Å². The van der Waals surface area contributed by atoms with Crippen molar-refractivity contribution in [1.82, 2.24) is 0 Å². The zero-order valence-corrected chi connectivity index (χ0v) is 16.6. The van der Waals surface area contributed by atoms with E-state index in [1.54, 1.807) is 0 Å². The van der Waals surface area contributed by atoms with Crippen LogP contribution in [-0.4, -0.2) is 59.9 Å². The lowest BCUT2D eigenvalue weighted by Crippen LogP contribution is -2.53. The first-order chi connectivity index (χ1) is 11.8. The summed E-state index contributed by atoms with van der Waals surface area (Å²) in [5.74, 6) is -2.38. The van der Waals surface area contributed by atoms with E-state index in [9.17, 15) is 10.2 Å². The summed E-state index contributed by atoms with van der Waals surface area (Å²) in [7, 11) is 0. The van der Waals surface area contributed by atoms with Crippen LogP contribution in [0.3, 0.4) is 0 Å². The van der Waals surface area contributed by atoms with Gasteiger partial charge in [0.15, 0.2) is 11.6 Å². The topological polar surface area (TPSA) is 77.4 Å². The lowest BCUT2D eigenvalue weighted by Gasteiger charge is -2.42. The summed E-state index contributed by atoms with van der Waals surface area (Å²) in [5, 5.41) is 21.1. The fourth-order valence-electron chi connectivity index (χ4n) is 2.92. The Kier molecular flexibility index (Phi) is 9.85. The van der Waals surface area contributed by atoms with E-state index >= 15 is 0 Å².